The maximum atomic E-state index is 12.6. The monoisotopic (exact) mass is 349 g/mol. The van der Waals surface area contributed by atoms with Crippen LogP contribution in [0.5, 0.6) is 0 Å². The third-order valence-electron chi connectivity index (χ3n) is 3.32. The van der Waals surface area contributed by atoms with E-state index in [0.717, 1.165) is 5.56 Å². The summed E-state index contributed by atoms with van der Waals surface area (Å²) in [5.74, 6) is -1.31. The van der Waals surface area contributed by atoms with Gasteiger partial charge in [0, 0.05) is 14.2 Å². The van der Waals surface area contributed by atoms with E-state index in [0.29, 0.717) is 4.90 Å². The molecule has 0 aromatic heterocycles. The summed E-state index contributed by atoms with van der Waals surface area (Å²) >= 11 is 0. The lowest BCUT2D eigenvalue weighted by Crippen LogP contribution is -2.43. The van der Waals surface area contributed by atoms with E-state index in [1.54, 1.807) is 26.0 Å². The molecule has 0 radical (unpaired) electrons. The van der Waals surface area contributed by atoms with E-state index < -0.39 is 30.5 Å². The van der Waals surface area contributed by atoms with Crippen LogP contribution in [-0.2, 0) is 24.6 Å². The lowest BCUT2D eigenvalue weighted by molar-refractivity contribution is 0.102. The van der Waals surface area contributed by atoms with Gasteiger partial charge in [-0.15, -0.1) is 0 Å². The van der Waals surface area contributed by atoms with Crippen LogP contribution in [0.2, 0.25) is 0 Å². The molecule has 1 rings (SSSR count). The zero-order valence-electron chi connectivity index (χ0n) is 13.5. The predicted molar refractivity (Wildman–Crippen MR) is 87.0 cm³/mol. The van der Waals surface area contributed by atoms with Crippen molar-refractivity contribution < 1.29 is 22.9 Å². The molecule has 0 saturated carbocycles. The average molecular weight is 349 g/mol. The van der Waals surface area contributed by atoms with Gasteiger partial charge in [-0.2, -0.15) is 0 Å². The Bertz CT molecular complexity index is 541. The van der Waals surface area contributed by atoms with Crippen LogP contribution in [0.3, 0.4) is 0 Å². The second kappa shape index (κ2) is 8.34. The Morgan fingerprint density at radius 1 is 1.18 bits per heavy atom. The Morgan fingerprint density at radius 2 is 1.68 bits per heavy atom. The van der Waals surface area contributed by atoms with Gasteiger partial charge in [0.2, 0.25) is 0 Å². The summed E-state index contributed by atoms with van der Waals surface area (Å²) in [4.78, 5) is 0.519. The minimum absolute atomic E-state index is 0.217. The molecule has 1 unspecified atom stereocenters. The molecule has 1 aromatic rings. The number of aliphatic hydroxyl groups excluding tert-OH is 1. The Kier molecular flexibility index (Phi) is 7.38. The maximum Gasteiger partial charge on any atom is 0.350 e. The Labute approximate surface area is 134 Å². The fraction of sp³-hybridized carbons (Fsp3) is 0.571. The Morgan fingerprint density at radius 3 is 2.09 bits per heavy atom. The molecule has 0 amide bonds. The van der Waals surface area contributed by atoms with E-state index in [2.05, 4.69) is 4.72 Å². The molecular weight excluding hydrogens is 325 g/mol. The molecule has 0 heterocycles. The molecule has 0 saturated heterocycles. The summed E-state index contributed by atoms with van der Waals surface area (Å²) in [5.41, 5.74) is 1.04. The van der Waals surface area contributed by atoms with Crippen LogP contribution in [-0.4, -0.2) is 35.4 Å². The molecule has 6 nitrogen and oxygen atoms in total. The molecule has 0 aliphatic heterocycles. The highest BCUT2D eigenvalue weighted by Gasteiger charge is 2.41. The highest BCUT2D eigenvalue weighted by atomic mass is 32.2. The topological polar surface area (TPSA) is 84.9 Å². The number of hydrogen-bond donors (Lipinski definition) is 2. The molecule has 1 aromatic carbocycles. The number of aliphatic hydroxyl groups is 1. The molecule has 0 aliphatic rings. The molecule has 0 aliphatic carbocycles. The molecule has 2 N–H and O–H groups in total. The second-order valence-corrected chi connectivity index (χ2v) is 8.89. The van der Waals surface area contributed by atoms with Gasteiger partial charge in [-0.3, -0.25) is 4.57 Å². The van der Waals surface area contributed by atoms with E-state index in [9.17, 15) is 13.9 Å². The zero-order chi connectivity index (χ0) is 16.9. The van der Waals surface area contributed by atoms with Crippen molar-refractivity contribution in [3.63, 3.8) is 0 Å². The molecule has 3 atom stereocenters. The van der Waals surface area contributed by atoms with Crippen LogP contribution in [0, 0.1) is 12.8 Å². The van der Waals surface area contributed by atoms with Crippen molar-refractivity contribution in [3.8, 4) is 0 Å². The first-order valence-electron chi connectivity index (χ1n) is 6.89. The second-order valence-electron chi connectivity index (χ2n) is 5.28. The van der Waals surface area contributed by atoms with E-state index in [4.69, 9.17) is 9.05 Å². The highest BCUT2D eigenvalue weighted by molar-refractivity contribution is 7.83. The molecular formula is C14H24NO5PS. The van der Waals surface area contributed by atoms with Gasteiger partial charge in [-0.25, -0.2) is 8.93 Å². The quantitative estimate of drug-likeness (QED) is 0.704. The summed E-state index contributed by atoms with van der Waals surface area (Å²) in [6.07, 6.45) is -1.04. The van der Waals surface area contributed by atoms with E-state index in [1.165, 1.54) is 14.2 Å². The van der Waals surface area contributed by atoms with Gasteiger partial charge in [0.25, 0.3) is 0 Å². The van der Waals surface area contributed by atoms with Gasteiger partial charge in [-0.1, -0.05) is 31.5 Å². The maximum absolute atomic E-state index is 12.6. The number of nitrogens with one attached hydrogen (secondary N) is 1. The van der Waals surface area contributed by atoms with Crippen molar-refractivity contribution in [3.05, 3.63) is 29.8 Å². The van der Waals surface area contributed by atoms with Crippen molar-refractivity contribution in [1.29, 1.82) is 0 Å². The Hall–Kier alpha value is -0.560. The summed E-state index contributed by atoms with van der Waals surface area (Å²) in [6.45, 7) is 5.46. The minimum atomic E-state index is -3.64. The molecule has 0 bridgehead atoms. The molecule has 0 fully saturated rings. The van der Waals surface area contributed by atoms with Gasteiger partial charge in [0.15, 0.2) is 0 Å². The van der Waals surface area contributed by atoms with Crippen molar-refractivity contribution in [2.45, 2.75) is 37.6 Å². The van der Waals surface area contributed by atoms with Gasteiger partial charge in [-0.05, 0) is 25.0 Å². The first-order valence-corrected chi connectivity index (χ1v) is 9.65. The largest absolute Gasteiger partial charge is 0.391 e. The van der Waals surface area contributed by atoms with Gasteiger partial charge in [0.05, 0.1) is 11.0 Å². The fourth-order valence-corrected chi connectivity index (χ4v) is 4.83. The van der Waals surface area contributed by atoms with Crippen LogP contribution >= 0.6 is 7.60 Å². The molecule has 126 valence electrons. The van der Waals surface area contributed by atoms with Gasteiger partial charge < -0.3 is 14.2 Å². The van der Waals surface area contributed by atoms with Crippen LogP contribution < -0.4 is 4.72 Å². The van der Waals surface area contributed by atoms with Crippen LogP contribution in [0.15, 0.2) is 29.2 Å². The predicted octanol–water partition coefficient (Wildman–Crippen LogP) is 2.44. The van der Waals surface area contributed by atoms with Crippen LogP contribution in [0.1, 0.15) is 19.4 Å². The van der Waals surface area contributed by atoms with E-state index in [1.807, 2.05) is 19.1 Å². The Balaban J connectivity index is 3.05. The first-order chi connectivity index (χ1) is 10.2. The zero-order valence-corrected chi connectivity index (χ0v) is 15.2. The van der Waals surface area contributed by atoms with Crippen molar-refractivity contribution >= 4 is 18.6 Å². The third-order valence-corrected chi connectivity index (χ3v) is 6.80. The number of hydrogen-bond acceptors (Lipinski definition) is 5. The summed E-state index contributed by atoms with van der Waals surface area (Å²) in [5, 5.41) is 10.3. The summed E-state index contributed by atoms with van der Waals surface area (Å²) in [6, 6.07) is 7.08. The average Bonchev–Trinajstić information content (AvgIpc) is 2.51. The molecule has 8 heteroatoms. The van der Waals surface area contributed by atoms with Crippen molar-refractivity contribution in [1.82, 2.24) is 4.72 Å². The molecule has 0 spiro atoms. The third kappa shape index (κ3) is 4.72. The van der Waals surface area contributed by atoms with E-state index >= 15 is 0 Å². The summed E-state index contributed by atoms with van der Waals surface area (Å²) < 4.78 is 37.6. The number of rotatable bonds is 8. The number of aryl methyl sites for hydroxylation is 1. The lowest BCUT2D eigenvalue weighted by Gasteiger charge is -2.30. The fourth-order valence-electron chi connectivity index (χ4n) is 1.83. The highest BCUT2D eigenvalue weighted by Crippen LogP contribution is 2.52. The van der Waals surface area contributed by atoms with Gasteiger partial charge in [0.1, 0.15) is 16.8 Å². The minimum Gasteiger partial charge on any atom is -0.391 e. The normalized spacial score (nSPS) is 16.5. The first kappa shape index (κ1) is 19.5. The van der Waals surface area contributed by atoms with Crippen LogP contribution in [0.25, 0.3) is 0 Å². The van der Waals surface area contributed by atoms with Gasteiger partial charge >= 0.3 is 7.60 Å². The van der Waals surface area contributed by atoms with Crippen molar-refractivity contribution in [2.75, 3.05) is 14.2 Å². The SMILES string of the molecule is COP(=O)(OC)[C@H](NS(=O)c1ccc(C)cc1)[C@H](O)C(C)C. The smallest absolute Gasteiger partial charge is 0.350 e. The van der Waals surface area contributed by atoms with Crippen molar-refractivity contribution in [2.24, 2.45) is 5.92 Å². The molecule has 22 heavy (non-hydrogen) atoms. The van der Waals surface area contributed by atoms with E-state index in [-0.39, 0.29) is 5.92 Å². The number of benzene rings is 1. The standard InChI is InChI=1S/C14H24NO5PS/c1-10(2)13(16)14(21(17,19-4)20-5)15-22(18)12-8-6-11(3)7-9-12/h6-10,13-16H,1-5H3/t13-,14+,22?/m1/s1. The summed E-state index contributed by atoms with van der Waals surface area (Å²) in [7, 11) is -2.82. The lowest BCUT2D eigenvalue weighted by atomic mass is 10.1. The van der Waals surface area contributed by atoms with Crippen LogP contribution in [0.4, 0.5) is 0 Å².